The molecule has 0 aliphatic carbocycles. The Morgan fingerprint density at radius 3 is 1.84 bits per heavy atom. The number of phenols is 1. The van der Waals surface area contributed by atoms with Crippen LogP contribution in [0, 0.1) is 0 Å². The largest absolute Gasteiger partial charge is 0.503 e. The molecule has 1 aliphatic rings. The molecule has 0 amide bonds. The van der Waals surface area contributed by atoms with E-state index in [1.807, 2.05) is 12.1 Å². The Labute approximate surface area is 188 Å². The van der Waals surface area contributed by atoms with Crippen LogP contribution in [-0.2, 0) is 14.6 Å². The Bertz CT molecular complexity index is 1040. The lowest BCUT2D eigenvalue weighted by atomic mass is 10.0. The van der Waals surface area contributed by atoms with E-state index < -0.39 is 9.84 Å². The van der Waals surface area contributed by atoms with Gasteiger partial charge in [-0.25, -0.2) is 8.42 Å². The van der Waals surface area contributed by atoms with Crippen LogP contribution in [0.25, 0.3) is 0 Å². The molecule has 0 saturated carbocycles. The molecule has 1 N–H and O–H groups in total. The van der Waals surface area contributed by atoms with Gasteiger partial charge in [0.2, 0.25) is 5.75 Å². The molecular weight excluding hydrogens is 436 g/mol. The van der Waals surface area contributed by atoms with Gasteiger partial charge in [0.15, 0.2) is 32.8 Å². The minimum atomic E-state index is -3.65. The zero-order valence-corrected chi connectivity index (χ0v) is 19.8. The Hall–Kier alpha value is -2.65. The van der Waals surface area contributed by atoms with Gasteiger partial charge in [0, 0.05) is 0 Å². The van der Waals surface area contributed by atoms with Gasteiger partial charge in [-0.3, -0.25) is 0 Å². The van der Waals surface area contributed by atoms with Gasteiger partial charge in [0.1, 0.15) is 4.90 Å². The highest BCUT2D eigenvalue weighted by Gasteiger charge is 2.32. The first-order valence-corrected chi connectivity index (χ1v) is 12.0. The first kappa shape index (κ1) is 24.0. The van der Waals surface area contributed by atoms with Crippen molar-refractivity contribution >= 4 is 9.84 Å². The molecule has 1 aliphatic heterocycles. The summed E-state index contributed by atoms with van der Waals surface area (Å²) in [6.07, 6.45) is 1.22. The van der Waals surface area contributed by atoms with Crippen molar-refractivity contribution in [3.63, 3.8) is 0 Å². The average Bonchev–Trinajstić information content (AvgIpc) is 3.28. The normalized spacial score (nSPS) is 18.4. The smallest absolute Gasteiger partial charge is 0.203 e. The van der Waals surface area contributed by atoms with E-state index in [1.165, 1.54) is 13.2 Å². The van der Waals surface area contributed by atoms with Crippen LogP contribution in [-0.4, -0.2) is 47.7 Å². The molecule has 2 atom stereocenters. The lowest BCUT2D eigenvalue weighted by Gasteiger charge is -2.19. The van der Waals surface area contributed by atoms with Crippen molar-refractivity contribution in [2.45, 2.75) is 43.3 Å². The van der Waals surface area contributed by atoms with Crippen molar-refractivity contribution in [2.24, 2.45) is 0 Å². The maximum atomic E-state index is 12.7. The second-order valence-corrected chi connectivity index (χ2v) is 9.62. The predicted octanol–water partition coefficient (Wildman–Crippen LogP) is 4.20. The van der Waals surface area contributed by atoms with Crippen molar-refractivity contribution in [1.29, 1.82) is 0 Å². The van der Waals surface area contributed by atoms with Crippen molar-refractivity contribution in [1.82, 2.24) is 0 Å². The SMILES string of the molecule is CCCS(=O)(=O)c1cc(C2CCC(c3cc(OC)c(OC)c(OC)c3)O2)cc(OC)c1O. The highest BCUT2D eigenvalue weighted by atomic mass is 32.2. The minimum absolute atomic E-state index is 0.0627. The number of ether oxygens (including phenoxy) is 5. The molecule has 2 aromatic rings. The second-order valence-electron chi connectivity index (χ2n) is 7.54. The number of sulfone groups is 1. The van der Waals surface area contributed by atoms with Gasteiger partial charge >= 0.3 is 0 Å². The van der Waals surface area contributed by atoms with E-state index in [-0.39, 0.29) is 34.4 Å². The molecule has 9 heteroatoms. The third-order valence-corrected chi connectivity index (χ3v) is 7.47. The summed E-state index contributed by atoms with van der Waals surface area (Å²) in [5, 5.41) is 10.4. The van der Waals surface area contributed by atoms with Crippen molar-refractivity contribution in [2.75, 3.05) is 34.2 Å². The summed E-state index contributed by atoms with van der Waals surface area (Å²) < 4.78 is 53.1. The molecule has 8 nitrogen and oxygen atoms in total. The van der Waals surface area contributed by atoms with Crippen LogP contribution < -0.4 is 18.9 Å². The highest BCUT2D eigenvalue weighted by molar-refractivity contribution is 7.91. The maximum absolute atomic E-state index is 12.7. The molecule has 0 aromatic heterocycles. The number of methoxy groups -OCH3 is 4. The lowest BCUT2D eigenvalue weighted by molar-refractivity contribution is 0.0435. The van der Waals surface area contributed by atoms with Crippen molar-refractivity contribution < 1.29 is 37.2 Å². The van der Waals surface area contributed by atoms with E-state index in [1.54, 1.807) is 34.3 Å². The molecule has 0 spiro atoms. The molecular formula is C23H30O8S. The molecule has 3 rings (SSSR count). The lowest BCUT2D eigenvalue weighted by Crippen LogP contribution is -2.09. The van der Waals surface area contributed by atoms with Gasteiger partial charge in [-0.15, -0.1) is 0 Å². The van der Waals surface area contributed by atoms with Crippen LogP contribution in [0.3, 0.4) is 0 Å². The van der Waals surface area contributed by atoms with Gasteiger partial charge in [0.25, 0.3) is 0 Å². The van der Waals surface area contributed by atoms with Crippen LogP contribution in [0.5, 0.6) is 28.7 Å². The summed E-state index contributed by atoms with van der Waals surface area (Å²) in [6.45, 7) is 1.78. The third kappa shape index (κ3) is 4.59. The Morgan fingerprint density at radius 2 is 1.38 bits per heavy atom. The third-order valence-electron chi connectivity index (χ3n) is 5.54. The minimum Gasteiger partial charge on any atom is -0.503 e. The Morgan fingerprint density at radius 1 is 0.875 bits per heavy atom. The first-order chi connectivity index (χ1) is 15.3. The quantitative estimate of drug-likeness (QED) is 0.587. The van der Waals surface area contributed by atoms with Crippen LogP contribution in [0.2, 0.25) is 0 Å². The molecule has 32 heavy (non-hydrogen) atoms. The number of rotatable bonds is 9. The number of hydrogen-bond acceptors (Lipinski definition) is 8. The van der Waals surface area contributed by atoms with E-state index in [2.05, 4.69) is 0 Å². The van der Waals surface area contributed by atoms with E-state index in [9.17, 15) is 13.5 Å². The van der Waals surface area contributed by atoms with Crippen molar-refractivity contribution in [3.8, 4) is 28.7 Å². The first-order valence-electron chi connectivity index (χ1n) is 10.4. The van der Waals surface area contributed by atoms with E-state index in [0.29, 0.717) is 42.1 Å². The van der Waals surface area contributed by atoms with Crippen LogP contribution >= 0.6 is 0 Å². The van der Waals surface area contributed by atoms with Crippen LogP contribution in [0.1, 0.15) is 49.5 Å². The monoisotopic (exact) mass is 466 g/mol. The summed E-state index contributed by atoms with van der Waals surface area (Å²) in [6, 6.07) is 6.82. The van der Waals surface area contributed by atoms with Gasteiger partial charge in [-0.1, -0.05) is 6.92 Å². The molecule has 1 fully saturated rings. The summed E-state index contributed by atoms with van der Waals surface area (Å²) in [7, 11) is 2.40. The fourth-order valence-corrected chi connectivity index (χ4v) is 5.44. The van der Waals surface area contributed by atoms with Gasteiger partial charge in [0.05, 0.1) is 46.4 Å². The Kier molecular flexibility index (Phi) is 7.40. The van der Waals surface area contributed by atoms with Crippen LogP contribution in [0.4, 0.5) is 0 Å². The number of phenolic OH excluding ortho intramolecular Hbond substituents is 1. The topological polar surface area (TPSA) is 101 Å². The summed E-state index contributed by atoms with van der Waals surface area (Å²) >= 11 is 0. The summed E-state index contributed by atoms with van der Waals surface area (Å²) in [5.41, 5.74) is 1.51. The molecule has 2 unspecified atom stereocenters. The maximum Gasteiger partial charge on any atom is 0.203 e. The zero-order valence-electron chi connectivity index (χ0n) is 19.0. The molecule has 0 radical (unpaired) electrons. The molecule has 0 bridgehead atoms. The molecule has 2 aromatic carbocycles. The second kappa shape index (κ2) is 9.87. The highest BCUT2D eigenvalue weighted by Crippen LogP contribution is 2.47. The standard InChI is InChI=1S/C23H30O8S/c1-6-9-32(25,26)21-13-15(10-18(27-2)22(21)24)17-8-7-16(31-17)14-11-19(28-3)23(30-5)20(12-14)29-4/h10-13,16-17,24H,6-9H2,1-5H3. The molecule has 1 saturated heterocycles. The fraction of sp³-hybridized carbons (Fsp3) is 0.478. The summed E-state index contributed by atoms with van der Waals surface area (Å²) in [4.78, 5) is -0.131. The number of aromatic hydroxyl groups is 1. The molecule has 176 valence electrons. The predicted molar refractivity (Wildman–Crippen MR) is 119 cm³/mol. The Balaban J connectivity index is 1.95. The summed E-state index contributed by atoms with van der Waals surface area (Å²) in [5.74, 6) is 1.25. The zero-order chi connectivity index (χ0) is 23.5. The van der Waals surface area contributed by atoms with Gasteiger partial charge < -0.3 is 28.8 Å². The van der Waals surface area contributed by atoms with Crippen LogP contribution in [0.15, 0.2) is 29.2 Å². The fourth-order valence-electron chi connectivity index (χ4n) is 3.97. The number of benzene rings is 2. The average molecular weight is 467 g/mol. The van der Waals surface area contributed by atoms with E-state index in [4.69, 9.17) is 23.7 Å². The van der Waals surface area contributed by atoms with Crippen molar-refractivity contribution in [3.05, 3.63) is 35.4 Å². The molecule has 1 heterocycles. The van der Waals surface area contributed by atoms with E-state index >= 15 is 0 Å². The van der Waals surface area contributed by atoms with E-state index in [0.717, 1.165) is 5.56 Å². The van der Waals surface area contributed by atoms with Gasteiger partial charge in [-0.05, 0) is 54.7 Å². The number of hydrogen-bond donors (Lipinski definition) is 1. The van der Waals surface area contributed by atoms with Gasteiger partial charge in [-0.2, -0.15) is 0 Å².